The molecular formula is C18H18ClN3O5S. The van der Waals surface area contributed by atoms with Gasteiger partial charge in [0.1, 0.15) is 6.61 Å². The molecular weight excluding hydrogens is 406 g/mol. The van der Waals surface area contributed by atoms with Crippen molar-refractivity contribution in [2.75, 3.05) is 23.4 Å². The van der Waals surface area contributed by atoms with Crippen LogP contribution in [0.25, 0.3) is 0 Å². The zero-order valence-electron chi connectivity index (χ0n) is 14.9. The van der Waals surface area contributed by atoms with E-state index in [0.29, 0.717) is 22.9 Å². The lowest BCUT2D eigenvalue weighted by molar-refractivity contribution is -0.117. The summed E-state index contributed by atoms with van der Waals surface area (Å²) >= 11 is 5.77. The monoisotopic (exact) mass is 423 g/mol. The summed E-state index contributed by atoms with van der Waals surface area (Å²) in [4.78, 5) is 25.7. The van der Waals surface area contributed by atoms with Crippen molar-refractivity contribution in [2.45, 2.75) is 17.9 Å². The molecule has 0 aliphatic carbocycles. The van der Waals surface area contributed by atoms with Gasteiger partial charge in [0.05, 0.1) is 28.9 Å². The Hall–Kier alpha value is -2.62. The molecule has 0 saturated carbocycles. The van der Waals surface area contributed by atoms with Gasteiger partial charge in [0.15, 0.2) is 0 Å². The van der Waals surface area contributed by atoms with Crippen LogP contribution >= 0.6 is 11.6 Å². The molecule has 10 heteroatoms. The molecule has 0 spiro atoms. The lowest BCUT2D eigenvalue weighted by Crippen LogP contribution is -2.41. The molecule has 1 atom stereocenters. The summed E-state index contributed by atoms with van der Waals surface area (Å²) in [5.41, 5.74) is 0.856. The van der Waals surface area contributed by atoms with Crippen molar-refractivity contribution in [3.05, 3.63) is 53.6 Å². The normalized spacial score (nSPS) is 15.2. The first-order valence-electron chi connectivity index (χ1n) is 8.40. The second kappa shape index (κ2) is 8.17. The van der Waals surface area contributed by atoms with Gasteiger partial charge in [-0.1, -0.05) is 23.7 Å². The first-order valence-corrected chi connectivity index (χ1v) is 10.3. The second-order valence-electron chi connectivity index (χ2n) is 6.07. The maximum absolute atomic E-state index is 12.5. The van der Waals surface area contributed by atoms with E-state index >= 15 is 0 Å². The Balaban J connectivity index is 1.73. The predicted octanol–water partition coefficient (Wildman–Crippen LogP) is 2.60. The number of hydrogen-bond acceptors (Lipinski definition) is 5. The third-order valence-corrected chi connectivity index (χ3v) is 5.87. The van der Waals surface area contributed by atoms with E-state index < -0.39 is 28.1 Å². The fraction of sp³-hybridized carbons (Fsp3) is 0.222. The molecule has 1 aliphatic rings. The summed E-state index contributed by atoms with van der Waals surface area (Å²) < 4.78 is 32.1. The Morgan fingerprint density at radius 3 is 2.50 bits per heavy atom. The van der Waals surface area contributed by atoms with Gasteiger partial charge in [-0.25, -0.2) is 13.2 Å². The third kappa shape index (κ3) is 4.44. The van der Waals surface area contributed by atoms with Crippen molar-refractivity contribution in [3.63, 3.8) is 0 Å². The van der Waals surface area contributed by atoms with Gasteiger partial charge in [-0.3, -0.25) is 9.69 Å². The van der Waals surface area contributed by atoms with Crippen LogP contribution in [0.1, 0.15) is 6.92 Å². The average Bonchev–Trinajstić information content (AvgIpc) is 3.08. The molecule has 0 bridgehead atoms. The summed E-state index contributed by atoms with van der Waals surface area (Å²) in [6, 6.07) is 11.3. The van der Waals surface area contributed by atoms with Gasteiger partial charge in [0.2, 0.25) is 15.9 Å². The van der Waals surface area contributed by atoms with Crippen molar-refractivity contribution >= 4 is 45.0 Å². The van der Waals surface area contributed by atoms with E-state index in [-0.39, 0.29) is 11.5 Å². The molecule has 1 heterocycles. The van der Waals surface area contributed by atoms with Crippen molar-refractivity contribution in [1.29, 1.82) is 0 Å². The number of carbonyl (C=O) groups is 2. The summed E-state index contributed by atoms with van der Waals surface area (Å²) in [7, 11) is -3.90. The molecule has 0 unspecified atom stereocenters. The van der Waals surface area contributed by atoms with Crippen LogP contribution in [0, 0.1) is 0 Å². The molecule has 2 aromatic carbocycles. The largest absolute Gasteiger partial charge is 0.447 e. The topological polar surface area (TPSA) is 105 Å². The molecule has 2 amide bonds. The molecule has 1 fully saturated rings. The highest BCUT2D eigenvalue weighted by Crippen LogP contribution is 2.28. The van der Waals surface area contributed by atoms with Gasteiger partial charge in [-0.2, -0.15) is 4.72 Å². The zero-order chi connectivity index (χ0) is 20.3. The molecule has 28 heavy (non-hydrogen) atoms. The number of anilines is 2. The minimum Gasteiger partial charge on any atom is -0.447 e. The molecule has 0 aromatic heterocycles. The number of benzene rings is 2. The van der Waals surface area contributed by atoms with Crippen molar-refractivity contribution in [3.8, 4) is 0 Å². The fourth-order valence-electron chi connectivity index (χ4n) is 2.64. The summed E-state index contributed by atoms with van der Waals surface area (Å²) in [5.74, 6) is -0.572. The molecule has 1 saturated heterocycles. The Morgan fingerprint density at radius 2 is 1.86 bits per heavy atom. The van der Waals surface area contributed by atoms with Gasteiger partial charge in [-0.15, -0.1) is 0 Å². The van der Waals surface area contributed by atoms with Gasteiger partial charge >= 0.3 is 6.09 Å². The SMILES string of the molecule is C[C@H](NS(=O)(=O)c1ccc(Cl)cc1)C(=O)Nc1ccccc1N1CCOC1=O. The van der Waals surface area contributed by atoms with Crippen LogP contribution in [-0.4, -0.2) is 39.6 Å². The van der Waals surface area contributed by atoms with E-state index in [2.05, 4.69) is 10.0 Å². The van der Waals surface area contributed by atoms with E-state index in [4.69, 9.17) is 16.3 Å². The van der Waals surface area contributed by atoms with Crippen molar-refractivity contribution in [1.82, 2.24) is 4.72 Å². The minimum atomic E-state index is -3.90. The first-order chi connectivity index (χ1) is 13.3. The Kier molecular flexibility index (Phi) is 5.87. The Morgan fingerprint density at radius 1 is 1.18 bits per heavy atom. The fourth-order valence-corrected chi connectivity index (χ4v) is 3.96. The van der Waals surface area contributed by atoms with Gasteiger partial charge < -0.3 is 10.1 Å². The summed E-state index contributed by atoms with van der Waals surface area (Å²) in [6.45, 7) is 2.05. The van der Waals surface area contributed by atoms with E-state index in [1.807, 2.05) is 0 Å². The quantitative estimate of drug-likeness (QED) is 0.743. The van der Waals surface area contributed by atoms with Crippen LogP contribution in [0.5, 0.6) is 0 Å². The highest BCUT2D eigenvalue weighted by atomic mass is 35.5. The van der Waals surface area contributed by atoms with E-state index in [9.17, 15) is 18.0 Å². The third-order valence-electron chi connectivity index (χ3n) is 4.06. The lowest BCUT2D eigenvalue weighted by atomic mass is 10.2. The zero-order valence-corrected chi connectivity index (χ0v) is 16.5. The number of amides is 2. The molecule has 1 aliphatic heterocycles. The number of ether oxygens (including phenoxy) is 1. The van der Waals surface area contributed by atoms with Crippen LogP contribution in [0.4, 0.5) is 16.2 Å². The van der Waals surface area contributed by atoms with Crippen molar-refractivity contribution < 1.29 is 22.7 Å². The number of sulfonamides is 1. The maximum atomic E-state index is 12.5. The van der Waals surface area contributed by atoms with Gasteiger partial charge in [-0.05, 0) is 43.3 Å². The van der Waals surface area contributed by atoms with Crippen LogP contribution < -0.4 is 14.9 Å². The molecule has 3 rings (SSSR count). The van der Waals surface area contributed by atoms with E-state index in [0.717, 1.165) is 0 Å². The molecule has 0 radical (unpaired) electrons. The average molecular weight is 424 g/mol. The number of cyclic esters (lactones) is 1. The summed E-state index contributed by atoms with van der Waals surface area (Å²) in [5, 5.41) is 3.06. The number of carbonyl (C=O) groups excluding carboxylic acids is 2. The van der Waals surface area contributed by atoms with Crippen LogP contribution in [0.2, 0.25) is 5.02 Å². The minimum absolute atomic E-state index is 0.00300. The van der Waals surface area contributed by atoms with Gasteiger partial charge in [0, 0.05) is 5.02 Å². The predicted molar refractivity (Wildman–Crippen MR) is 105 cm³/mol. The highest BCUT2D eigenvalue weighted by molar-refractivity contribution is 7.89. The number of para-hydroxylation sites is 2. The molecule has 2 aromatic rings. The van der Waals surface area contributed by atoms with E-state index in [1.54, 1.807) is 24.3 Å². The number of nitrogens with one attached hydrogen (secondary N) is 2. The smallest absolute Gasteiger partial charge is 0.414 e. The molecule has 2 N–H and O–H groups in total. The number of halogens is 1. The molecule has 148 valence electrons. The van der Waals surface area contributed by atoms with Gasteiger partial charge in [0.25, 0.3) is 0 Å². The van der Waals surface area contributed by atoms with Crippen LogP contribution in [0.15, 0.2) is 53.4 Å². The van der Waals surface area contributed by atoms with Crippen molar-refractivity contribution in [2.24, 2.45) is 0 Å². The second-order valence-corrected chi connectivity index (χ2v) is 8.22. The van der Waals surface area contributed by atoms with Crippen LogP contribution in [0.3, 0.4) is 0 Å². The molecule has 8 nitrogen and oxygen atoms in total. The van der Waals surface area contributed by atoms with Crippen LogP contribution in [-0.2, 0) is 19.6 Å². The van der Waals surface area contributed by atoms with E-state index in [1.165, 1.54) is 36.1 Å². The summed E-state index contributed by atoms with van der Waals surface area (Å²) in [6.07, 6.45) is -0.502. The first kappa shape index (κ1) is 20.1. The number of rotatable bonds is 6. The standard InChI is InChI=1S/C18H18ClN3O5S/c1-12(21-28(25,26)14-8-6-13(19)7-9-14)17(23)20-15-4-2-3-5-16(15)22-10-11-27-18(22)24/h2-9,12,21H,10-11H2,1H3,(H,20,23)/t12-/m0/s1. The lowest BCUT2D eigenvalue weighted by Gasteiger charge is -2.19. The maximum Gasteiger partial charge on any atom is 0.414 e. The Bertz CT molecular complexity index is 995. The number of nitrogens with zero attached hydrogens (tertiary/aromatic N) is 1. The Labute approximate surface area is 167 Å². The number of hydrogen-bond donors (Lipinski definition) is 2. The highest BCUT2D eigenvalue weighted by Gasteiger charge is 2.27.